The Hall–Kier alpha value is -3.16. The zero-order chi connectivity index (χ0) is 21.5. The van der Waals surface area contributed by atoms with Crippen molar-refractivity contribution in [3.8, 4) is 11.9 Å². The van der Waals surface area contributed by atoms with Crippen molar-refractivity contribution in [2.75, 3.05) is 25.6 Å². The fourth-order valence-electron chi connectivity index (χ4n) is 3.76. The molecule has 1 aliphatic carbocycles. The molecule has 3 aromatic rings. The molecule has 1 aliphatic heterocycles. The maximum Gasteiger partial charge on any atom is 0.257 e. The first kappa shape index (κ1) is 19.8. The van der Waals surface area contributed by atoms with E-state index < -0.39 is 0 Å². The second-order valence-electron chi connectivity index (χ2n) is 8.23. The SMILES string of the molecule is CO[C@H]1COC[C@H]1n1c(C#N)cc2cnc(Nc3cn(C(C)C)nc3OC3CC3)nc21. The summed E-state index contributed by atoms with van der Waals surface area (Å²) in [5.41, 5.74) is 1.88. The zero-order valence-electron chi connectivity index (χ0n) is 17.8. The summed E-state index contributed by atoms with van der Waals surface area (Å²) in [6.07, 6.45) is 5.80. The number of aromatic nitrogens is 5. The molecule has 3 aromatic heterocycles. The van der Waals surface area contributed by atoms with Gasteiger partial charge in [-0.25, -0.2) is 4.98 Å². The fourth-order valence-corrected chi connectivity index (χ4v) is 3.76. The van der Waals surface area contributed by atoms with Crippen LogP contribution in [0.1, 0.15) is 44.5 Å². The minimum absolute atomic E-state index is 0.127. The fraction of sp³-hybridized carbons (Fsp3) is 0.524. The third-order valence-corrected chi connectivity index (χ3v) is 5.60. The molecule has 1 saturated heterocycles. The Morgan fingerprint density at radius 2 is 2.16 bits per heavy atom. The van der Waals surface area contributed by atoms with Crippen LogP contribution in [0, 0.1) is 11.3 Å². The predicted molar refractivity (Wildman–Crippen MR) is 112 cm³/mol. The summed E-state index contributed by atoms with van der Waals surface area (Å²) >= 11 is 0. The summed E-state index contributed by atoms with van der Waals surface area (Å²) in [5, 5.41) is 18.3. The number of methoxy groups -OCH3 is 1. The molecule has 4 heterocycles. The van der Waals surface area contributed by atoms with Gasteiger partial charge in [0.15, 0.2) is 0 Å². The normalized spacial score (nSPS) is 21.0. The van der Waals surface area contributed by atoms with Crippen LogP contribution in [-0.4, -0.2) is 56.8 Å². The molecule has 0 bridgehead atoms. The highest BCUT2D eigenvalue weighted by Crippen LogP contribution is 2.34. The molecule has 10 heteroatoms. The third-order valence-electron chi connectivity index (χ3n) is 5.60. The largest absolute Gasteiger partial charge is 0.472 e. The number of fused-ring (bicyclic) bond motifs is 1. The summed E-state index contributed by atoms with van der Waals surface area (Å²) in [7, 11) is 1.65. The van der Waals surface area contributed by atoms with Gasteiger partial charge in [0.25, 0.3) is 5.88 Å². The number of ether oxygens (including phenoxy) is 3. The highest BCUT2D eigenvalue weighted by Gasteiger charge is 2.33. The van der Waals surface area contributed by atoms with Crippen LogP contribution in [0.4, 0.5) is 11.6 Å². The van der Waals surface area contributed by atoms with Crippen LogP contribution in [0.3, 0.4) is 0 Å². The smallest absolute Gasteiger partial charge is 0.257 e. The molecule has 0 unspecified atom stereocenters. The molecule has 0 spiro atoms. The number of nitrogens with zero attached hydrogens (tertiary/aromatic N) is 6. The van der Waals surface area contributed by atoms with Crippen LogP contribution in [0.2, 0.25) is 0 Å². The minimum Gasteiger partial charge on any atom is -0.472 e. The van der Waals surface area contributed by atoms with Gasteiger partial charge in [0, 0.05) is 24.7 Å². The van der Waals surface area contributed by atoms with Gasteiger partial charge in [0.2, 0.25) is 5.95 Å². The van der Waals surface area contributed by atoms with Crippen molar-refractivity contribution in [1.82, 2.24) is 24.3 Å². The van der Waals surface area contributed by atoms with Crippen molar-refractivity contribution >= 4 is 22.7 Å². The highest BCUT2D eigenvalue weighted by molar-refractivity contribution is 5.79. The number of nitriles is 1. The maximum absolute atomic E-state index is 9.68. The van der Waals surface area contributed by atoms with Gasteiger partial charge in [-0.15, -0.1) is 5.10 Å². The van der Waals surface area contributed by atoms with Crippen LogP contribution in [0.5, 0.6) is 5.88 Å². The first-order valence-corrected chi connectivity index (χ1v) is 10.5. The molecule has 0 amide bonds. The predicted octanol–water partition coefficient (Wildman–Crippen LogP) is 2.95. The van der Waals surface area contributed by atoms with Crippen molar-refractivity contribution in [2.45, 2.75) is 51.0 Å². The molecular weight excluding hydrogens is 398 g/mol. The lowest BCUT2D eigenvalue weighted by molar-refractivity contribution is 0.0690. The molecule has 162 valence electrons. The molecule has 0 aromatic carbocycles. The van der Waals surface area contributed by atoms with Gasteiger partial charge in [-0.1, -0.05) is 0 Å². The molecule has 5 rings (SSSR count). The number of hydrogen-bond donors (Lipinski definition) is 1. The van der Waals surface area contributed by atoms with Gasteiger partial charge in [-0.05, 0) is 32.8 Å². The van der Waals surface area contributed by atoms with E-state index in [0.717, 1.165) is 23.9 Å². The van der Waals surface area contributed by atoms with Gasteiger partial charge in [0.1, 0.15) is 35.3 Å². The second kappa shape index (κ2) is 7.83. The molecule has 31 heavy (non-hydrogen) atoms. The van der Waals surface area contributed by atoms with E-state index in [1.54, 1.807) is 19.4 Å². The van der Waals surface area contributed by atoms with E-state index in [9.17, 15) is 5.26 Å². The van der Waals surface area contributed by atoms with Crippen molar-refractivity contribution in [3.63, 3.8) is 0 Å². The molecule has 1 N–H and O–H groups in total. The Morgan fingerprint density at radius 1 is 1.32 bits per heavy atom. The molecule has 2 fully saturated rings. The molecule has 10 nitrogen and oxygen atoms in total. The highest BCUT2D eigenvalue weighted by atomic mass is 16.5. The Balaban J connectivity index is 1.52. The van der Waals surface area contributed by atoms with Gasteiger partial charge in [-0.3, -0.25) is 4.68 Å². The first-order chi connectivity index (χ1) is 15.1. The number of rotatable bonds is 7. The van der Waals surface area contributed by atoms with Crippen LogP contribution in [0.15, 0.2) is 18.5 Å². The third kappa shape index (κ3) is 3.71. The van der Waals surface area contributed by atoms with E-state index in [0.29, 0.717) is 36.4 Å². The Labute approximate surface area is 179 Å². The van der Waals surface area contributed by atoms with Gasteiger partial charge in [0.05, 0.1) is 25.5 Å². The van der Waals surface area contributed by atoms with E-state index in [1.807, 2.05) is 15.4 Å². The van der Waals surface area contributed by atoms with E-state index in [2.05, 4.69) is 35.3 Å². The average molecular weight is 423 g/mol. The van der Waals surface area contributed by atoms with E-state index >= 15 is 0 Å². The molecule has 2 aliphatic rings. The summed E-state index contributed by atoms with van der Waals surface area (Å²) < 4.78 is 20.9. The topological polar surface area (TPSA) is 112 Å². The van der Waals surface area contributed by atoms with Gasteiger partial charge in [-0.2, -0.15) is 10.2 Å². The summed E-state index contributed by atoms with van der Waals surface area (Å²) in [5.74, 6) is 0.963. The Bertz CT molecular complexity index is 1140. The standard InChI is InChI=1S/C21H25N7O3/c1-12(2)27-9-16(20(26-27)31-15-4-5-15)24-21-23-8-13-6-14(7-22)28(19(13)25-21)17-10-30-11-18(17)29-3/h6,8-9,12,15,17-18H,4-5,10-11H2,1-3H3,(H,23,24,25)/t17-,18+/m1/s1. The van der Waals surface area contributed by atoms with E-state index in [1.165, 1.54) is 0 Å². The van der Waals surface area contributed by atoms with E-state index in [-0.39, 0.29) is 24.3 Å². The number of nitrogens with one attached hydrogen (secondary N) is 1. The van der Waals surface area contributed by atoms with Crippen molar-refractivity contribution < 1.29 is 14.2 Å². The minimum atomic E-state index is -0.142. The van der Waals surface area contributed by atoms with Gasteiger partial charge < -0.3 is 24.1 Å². The van der Waals surface area contributed by atoms with Crippen molar-refractivity contribution in [1.29, 1.82) is 5.26 Å². The molecule has 2 atom stereocenters. The second-order valence-corrected chi connectivity index (χ2v) is 8.23. The maximum atomic E-state index is 9.68. The zero-order valence-corrected chi connectivity index (χ0v) is 17.8. The quantitative estimate of drug-likeness (QED) is 0.617. The number of anilines is 2. The Kier molecular flexibility index (Phi) is 5.00. The van der Waals surface area contributed by atoms with Crippen LogP contribution >= 0.6 is 0 Å². The summed E-state index contributed by atoms with van der Waals surface area (Å²) in [6, 6.07) is 4.12. The Morgan fingerprint density at radius 3 is 2.87 bits per heavy atom. The molecule has 0 radical (unpaired) electrons. The average Bonchev–Trinajstić information content (AvgIpc) is 3.16. The molecular formula is C21H25N7O3. The lowest BCUT2D eigenvalue weighted by Gasteiger charge is -2.19. The summed E-state index contributed by atoms with van der Waals surface area (Å²) in [4.78, 5) is 9.17. The first-order valence-electron chi connectivity index (χ1n) is 10.5. The number of hydrogen-bond acceptors (Lipinski definition) is 8. The van der Waals surface area contributed by atoms with Crippen LogP contribution < -0.4 is 10.1 Å². The lowest BCUT2D eigenvalue weighted by atomic mass is 10.2. The monoisotopic (exact) mass is 423 g/mol. The van der Waals surface area contributed by atoms with Gasteiger partial charge >= 0.3 is 0 Å². The van der Waals surface area contributed by atoms with E-state index in [4.69, 9.17) is 19.2 Å². The van der Waals surface area contributed by atoms with Crippen molar-refractivity contribution in [2.24, 2.45) is 0 Å². The lowest BCUT2D eigenvalue weighted by Crippen LogP contribution is -2.25. The van der Waals surface area contributed by atoms with Crippen LogP contribution in [0.25, 0.3) is 11.0 Å². The van der Waals surface area contributed by atoms with Crippen LogP contribution in [-0.2, 0) is 9.47 Å². The summed E-state index contributed by atoms with van der Waals surface area (Å²) in [6.45, 7) is 5.07. The van der Waals surface area contributed by atoms with Crippen molar-refractivity contribution in [3.05, 3.63) is 24.2 Å². The molecule has 1 saturated carbocycles.